The van der Waals surface area contributed by atoms with Crippen molar-refractivity contribution in [3.05, 3.63) is 12.1 Å². The van der Waals surface area contributed by atoms with Crippen LogP contribution in [0.1, 0.15) is 39.5 Å². The van der Waals surface area contributed by atoms with Crippen LogP contribution in [-0.4, -0.2) is 35.4 Å². The van der Waals surface area contributed by atoms with Crippen LogP contribution in [0.4, 0.5) is 11.5 Å². The number of ether oxygens (including phenoxy) is 1. The molecule has 1 aliphatic rings. The Morgan fingerprint density at radius 3 is 2.70 bits per heavy atom. The van der Waals surface area contributed by atoms with Crippen LogP contribution in [-0.2, 0) is 0 Å². The first-order chi connectivity index (χ1) is 9.61. The Balaban J connectivity index is 2.23. The topological polar surface area (TPSA) is 71.6 Å². The van der Waals surface area contributed by atoms with Gasteiger partial charge >= 0.3 is 0 Å². The zero-order valence-electron chi connectivity index (χ0n) is 12.4. The van der Waals surface area contributed by atoms with Gasteiger partial charge in [-0.05, 0) is 38.8 Å². The van der Waals surface area contributed by atoms with E-state index in [2.05, 4.69) is 9.88 Å². The molecule has 0 bridgehead atoms. The molecule has 0 radical (unpaired) electrons. The van der Waals surface area contributed by atoms with E-state index >= 15 is 0 Å². The third-order valence-corrected chi connectivity index (χ3v) is 3.62. The average Bonchev–Trinajstić information content (AvgIpc) is 2.92. The first-order valence-corrected chi connectivity index (χ1v) is 7.42. The molecular weight excluding hydrogens is 254 g/mol. The summed E-state index contributed by atoms with van der Waals surface area (Å²) in [5.74, 6) is 1.33. The first kappa shape index (κ1) is 14.9. The van der Waals surface area contributed by atoms with Gasteiger partial charge in [-0.15, -0.1) is 0 Å². The van der Waals surface area contributed by atoms with Gasteiger partial charge in [-0.1, -0.05) is 12.8 Å². The fourth-order valence-corrected chi connectivity index (χ4v) is 2.73. The molecule has 5 nitrogen and oxygen atoms in total. The van der Waals surface area contributed by atoms with Crippen molar-refractivity contribution in [3.63, 3.8) is 0 Å². The van der Waals surface area contributed by atoms with E-state index in [-0.39, 0.29) is 12.7 Å². The summed E-state index contributed by atoms with van der Waals surface area (Å²) < 4.78 is 5.65. The van der Waals surface area contributed by atoms with Gasteiger partial charge in [0.15, 0.2) is 0 Å². The minimum atomic E-state index is 0.0397. The Labute approximate surface area is 120 Å². The van der Waals surface area contributed by atoms with E-state index in [1.165, 1.54) is 12.8 Å². The summed E-state index contributed by atoms with van der Waals surface area (Å²) in [4.78, 5) is 6.72. The van der Waals surface area contributed by atoms with Crippen LogP contribution in [0.3, 0.4) is 0 Å². The summed E-state index contributed by atoms with van der Waals surface area (Å²) in [6.45, 7) is 4.64. The molecule has 20 heavy (non-hydrogen) atoms. The molecule has 0 saturated heterocycles. The normalized spacial score (nSPS) is 15.8. The van der Waals surface area contributed by atoms with E-state index < -0.39 is 0 Å². The molecule has 0 atom stereocenters. The molecule has 1 saturated carbocycles. The van der Waals surface area contributed by atoms with Gasteiger partial charge in [0.2, 0.25) is 5.88 Å². The monoisotopic (exact) mass is 279 g/mol. The van der Waals surface area contributed by atoms with Gasteiger partial charge in [0.25, 0.3) is 0 Å². The van der Waals surface area contributed by atoms with Crippen molar-refractivity contribution in [1.82, 2.24) is 4.98 Å². The molecule has 0 unspecified atom stereocenters. The second-order valence-corrected chi connectivity index (χ2v) is 5.59. The van der Waals surface area contributed by atoms with Gasteiger partial charge in [-0.25, -0.2) is 0 Å². The second kappa shape index (κ2) is 6.79. The number of nitrogens with two attached hydrogens (primary N) is 1. The maximum atomic E-state index is 9.30. The molecular formula is C15H25N3O2. The highest BCUT2D eigenvalue weighted by molar-refractivity contribution is 5.55. The van der Waals surface area contributed by atoms with Crippen LogP contribution in [0.15, 0.2) is 12.1 Å². The number of nitrogens with zero attached hydrogens (tertiary/aromatic N) is 2. The van der Waals surface area contributed by atoms with Crippen LogP contribution >= 0.6 is 0 Å². The zero-order chi connectivity index (χ0) is 14.5. The summed E-state index contributed by atoms with van der Waals surface area (Å²) in [7, 11) is 0. The number of rotatable bonds is 6. The van der Waals surface area contributed by atoms with Crippen LogP contribution in [0.25, 0.3) is 0 Å². The predicted molar refractivity (Wildman–Crippen MR) is 81.1 cm³/mol. The SMILES string of the molecule is CC(C)Oc1nc(N(CCO)C2CCCC2)ccc1N. The molecule has 1 heterocycles. The Bertz CT molecular complexity index is 431. The van der Waals surface area contributed by atoms with Crippen molar-refractivity contribution in [2.75, 3.05) is 23.8 Å². The smallest absolute Gasteiger partial charge is 0.239 e. The Morgan fingerprint density at radius 1 is 1.40 bits per heavy atom. The highest BCUT2D eigenvalue weighted by Crippen LogP contribution is 2.30. The van der Waals surface area contributed by atoms with Crippen molar-refractivity contribution in [2.45, 2.75) is 51.7 Å². The molecule has 0 aromatic carbocycles. The van der Waals surface area contributed by atoms with Crippen molar-refractivity contribution < 1.29 is 9.84 Å². The molecule has 112 valence electrons. The van der Waals surface area contributed by atoms with Gasteiger partial charge in [-0.2, -0.15) is 4.98 Å². The number of aliphatic hydroxyl groups excluding tert-OH is 1. The van der Waals surface area contributed by atoms with E-state index in [1.807, 2.05) is 26.0 Å². The standard InChI is InChI=1S/C15H25N3O2/c1-11(2)20-15-13(16)7-8-14(17-15)18(9-10-19)12-5-3-4-6-12/h7-8,11-12,19H,3-6,9-10,16H2,1-2H3. The van der Waals surface area contributed by atoms with Crippen LogP contribution in [0, 0.1) is 0 Å². The van der Waals surface area contributed by atoms with Crippen molar-refractivity contribution in [2.24, 2.45) is 0 Å². The molecule has 2 rings (SSSR count). The maximum absolute atomic E-state index is 9.30. The quantitative estimate of drug-likeness (QED) is 0.835. The van der Waals surface area contributed by atoms with Gasteiger partial charge in [0.1, 0.15) is 5.82 Å². The van der Waals surface area contributed by atoms with Gasteiger partial charge in [0.05, 0.1) is 18.4 Å². The lowest BCUT2D eigenvalue weighted by Gasteiger charge is -2.30. The summed E-state index contributed by atoms with van der Waals surface area (Å²) in [5.41, 5.74) is 6.46. The van der Waals surface area contributed by atoms with Crippen LogP contribution < -0.4 is 15.4 Å². The summed E-state index contributed by atoms with van der Waals surface area (Å²) in [5, 5.41) is 9.30. The van der Waals surface area contributed by atoms with Gasteiger partial charge < -0.3 is 20.5 Å². The van der Waals surface area contributed by atoms with E-state index in [1.54, 1.807) is 0 Å². The van der Waals surface area contributed by atoms with Crippen LogP contribution in [0.5, 0.6) is 5.88 Å². The lowest BCUT2D eigenvalue weighted by Crippen LogP contribution is -2.36. The molecule has 0 spiro atoms. The first-order valence-electron chi connectivity index (χ1n) is 7.42. The fraction of sp³-hybridized carbons (Fsp3) is 0.667. The Hall–Kier alpha value is -1.49. The molecule has 1 aromatic rings. The molecule has 1 aliphatic carbocycles. The number of aliphatic hydroxyl groups is 1. The predicted octanol–water partition coefficient (Wildman–Crippen LogP) is 2.19. The number of pyridine rings is 1. The van der Waals surface area contributed by atoms with E-state index in [0.717, 1.165) is 18.7 Å². The molecule has 1 fully saturated rings. The zero-order valence-corrected chi connectivity index (χ0v) is 12.4. The van der Waals surface area contributed by atoms with E-state index in [9.17, 15) is 5.11 Å². The van der Waals surface area contributed by atoms with Gasteiger partial charge in [0, 0.05) is 12.6 Å². The number of anilines is 2. The van der Waals surface area contributed by atoms with Crippen molar-refractivity contribution >= 4 is 11.5 Å². The highest BCUT2D eigenvalue weighted by Gasteiger charge is 2.24. The molecule has 0 amide bonds. The highest BCUT2D eigenvalue weighted by atomic mass is 16.5. The van der Waals surface area contributed by atoms with Gasteiger partial charge in [-0.3, -0.25) is 0 Å². The minimum absolute atomic E-state index is 0.0397. The number of hydrogen-bond acceptors (Lipinski definition) is 5. The Morgan fingerprint density at radius 2 is 2.10 bits per heavy atom. The van der Waals surface area contributed by atoms with Crippen LogP contribution in [0.2, 0.25) is 0 Å². The summed E-state index contributed by atoms with van der Waals surface area (Å²) in [6.07, 6.45) is 4.85. The van der Waals surface area contributed by atoms with Crippen molar-refractivity contribution in [1.29, 1.82) is 0 Å². The van der Waals surface area contributed by atoms with E-state index in [0.29, 0.717) is 24.2 Å². The van der Waals surface area contributed by atoms with E-state index in [4.69, 9.17) is 10.5 Å². The molecule has 1 aromatic heterocycles. The minimum Gasteiger partial charge on any atom is -0.473 e. The maximum Gasteiger partial charge on any atom is 0.239 e. The summed E-state index contributed by atoms with van der Waals surface area (Å²) >= 11 is 0. The number of aromatic nitrogens is 1. The molecule has 3 N–H and O–H groups in total. The third-order valence-electron chi connectivity index (χ3n) is 3.62. The fourth-order valence-electron chi connectivity index (χ4n) is 2.73. The van der Waals surface area contributed by atoms with Crippen molar-refractivity contribution in [3.8, 4) is 5.88 Å². The number of nitrogen functional groups attached to an aromatic ring is 1. The third kappa shape index (κ3) is 3.54. The Kier molecular flexibility index (Phi) is 5.06. The average molecular weight is 279 g/mol. The largest absolute Gasteiger partial charge is 0.473 e. The lowest BCUT2D eigenvalue weighted by molar-refractivity contribution is 0.234. The summed E-state index contributed by atoms with van der Waals surface area (Å²) in [6, 6.07) is 4.21. The lowest BCUT2D eigenvalue weighted by atomic mass is 10.2. The second-order valence-electron chi connectivity index (χ2n) is 5.59. The molecule has 0 aliphatic heterocycles. The molecule has 5 heteroatoms. The number of hydrogen-bond donors (Lipinski definition) is 2.